The van der Waals surface area contributed by atoms with Crippen molar-refractivity contribution in [3.05, 3.63) is 28.8 Å². The second-order valence-corrected chi connectivity index (χ2v) is 3.00. The van der Waals surface area contributed by atoms with Gasteiger partial charge in [0, 0.05) is 0 Å². The van der Waals surface area contributed by atoms with Gasteiger partial charge in [-0.2, -0.15) is 5.26 Å². The predicted molar refractivity (Wildman–Crippen MR) is 55.6 cm³/mol. The van der Waals surface area contributed by atoms with Gasteiger partial charge in [0.05, 0.1) is 22.3 Å². The lowest BCUT2D eigenvalue weighted by Gasteiger charge is -2.16. The van der Waals surface area contributed by atoms with E-state index in [2.05, 4.69) is 0 Å². The van der Waals surface area contributed by atoms with Crippen LogP contribution in [-0.2, 0) is 0 Å². The molecule has 0 radical (unpaired) electrons. The van der Waals surface area contributed by atoms with Crippen LogP contribution in [0, 0.1) is 11.3 Å². The van der Waals surface area contributed by atoms with Crippen LogP contribution in [0.3, 0.4) is 0 Å². The van der Waals surface area contributed by atoms with Crippen LogP contribution < -0.4 is 22.1 Å². The average molecular weight is 226 g/mol. The number of nitriles is 1. The van der Waals surface area contributed by atoms with E-state index in [1.165, 1.54) is 18.2 Å². The smallest absolute Gasteiger partial charge is 0.274 e. The maximum atomic E-state index is 11.1. The van der Waals surface area contributed by atoms with E-state index < -0.39 is 6.03 Å². The summed E-state index contributed by atoms with van der Waals surface area (Å²) in [6.07, 6.45) is 0. The highest BCUT2D eigenvalue weighted by atomic mass is 35.5. The molecule has 6 nitrogen and oxygen atoms in total. The molecule has 78 valence electrons. The van der Waals surface area contributed by atoms with Crippen LogP contribution in [0.15, 0.2) is 18.2 Å². The number of carbonyl (C=O) groups is 1. The Morgan fingerprint density at radius 1 is 1.60 bits per heavy atom. The van der Waals surface area contributed by atoms with Crippen molar-refractivity contribution in [3.63, 3.8) is 0 Å². The second-order valence-electron chi connectivity index (χ2n) is 2.60. The minimum Gasteiger partial charge on any atom is -0.274 e. The Morgan fingerprint density at radius 3 is 2.80 bits per heavy atom. The number of rotatable bonds is 1. The molecular formula is C8H8ClN5O. The largest absolute Gasteiger partial charge is 0.350 e. The van der Waals surface area contributed by atoms with Crippen molar-refractivity contribution in [2.45, 2.75) is 0 Å². The highest BCUT2D eigenvalue weighted by Crippen LogP contribution is 2.24. The Kier molecular flexibility index (Phi) is 3.46. The normalized spacial score (nSPS) is 9.20. The zero-order chi connectivity index (χ0) is 11.4. The summed E-state index contributed by atoms with van der Waals surface area (Å²) in [4.78, 5) is 11.1. The van der Waals surface area contributed by atoms with Crippen molar-refractivity contribution < 1.29 is 4.79 Å². The molecule has 0 aliphatic heterocycles. The number of benzene rings is 1. The van der Waals surface area contributed by atoms with Crippen molar-refractivity contribution in [1.29, 1.82) is 5.26 Å². The summed E-state index contributed by atoms with van der Waals surface area (Å²) in [5.41, 5.74) is 2.40. The SMILES string of the molecule is N#Cc1ccc(Cl)c(N(N)C(=O)NN)c1. The van der Waals surface area contributed by atoms with E-state index >= 15 is 0 Å². The van der Waals surface area contributed by atoms with Crippen LogP contribution >= 0.6 is 11.6 Å². The van der Waals surface area contributed by atoms with E-state index in [0.29, 0.717) is 5.56 Å². The van der Waals surface area contributed by atoms with E-state index in [1.807, 2.05) is 11.5 Å². The number of amides is 2. The Bertz CT molecular complexity index is 428. The van der Waals surface area contributed by atoms with Crippen LogP contribution in [0.2, 0.25) is 5.02 Å². The van der Waals surface area contributed by atoms with Gasteiger partial charge in [0.25, 0.3) is 0 Å². The van der Waals surface area contributed by atoms with Crippen LogP contribution in [0.25, 0.3) is 0 Å². The molecule has 5 N–H and O–H groups in total. The number of hydrogen-bond donors (Lipinski definition) is 3. The van der Waals surface area contributed by atoms with E-state index in [1.54, 1.807) is 0 Å². The van der Waals surface area contributed by atoms with Gasteiger partial charge in [-0.05, 0) is 18.2 Å². The molecule has 7 heteroatoms. The molecule has 0 unspecified atom stereocenters. The summed E-state index contributed by atoms with van der Waals surface area (Å²) in [5, 5.41) is 9.63. The molecule has 0 bridgehead atoms. The molecule has 15 heavy (non-hydrogen) atoms. The number of hydrazine groups is 2. The van der Waals surface area contributed by atoms with E-state index in [-0.39, 0.29) is 10.7 Å². The zero-order valence-electron chi connectivity index (χ0n) is 7.57. The lowest BCUT2D eigenvalue weighted by Crippen LogP contribution is -2.47. The van der Waals surface area contributed by atoms with Crippen molar-refractivity contribution in [2.75, 3.05) is 5.01 Å². The van der Waals surface area contributed by atoms with Gasteiger partial charge in [-0.1, -0.05) is 11.6 Å². The molecule has 0 aromatic heterocycles. The number of nitrogens with one attached hydrogen (secondary N) is 1. The fourth-order valence-electron chi connectivity index (χ4n) is 0.946. The van der Waals surface area contributed by atoms with Crippen LogP contribution in [0.4, 0.5) is 10.5 Å². The molecule has 0 heterocycles. The predicted octanol–water partition coefficient (Wildman–Crippen LogP) is 0.475. The van der Waals surface area contributed by atoms with Crippen LogP contribution in [-0.4, -0.2) is 6.03 Å². The molecule has 0 fully saturated rings. The fourth-order valence-corrected chi connectivity index (χ4v) is 1.15. The minimum atomic E-state index is -0.730. The van der Waals surface area contributed by atoms with Gasteiger partial charge in [-0.3, -0.25) is 5.43 Å². The van der Waals surface area contributed by atoms with E-state index in [4.69, 9.17) is 28.5 Å². The molecule has 0 saturated carbocycles. The maximum absolute atomic E-state index is 11.1. The first kappa shape index (κ1) is 11.3. The maximum Gasteiger partial charge on any atom is 0.350 e. The van der Waals surface area contributed by atoms with Gasteiger partial charge in [0.2, 0.25) is 0 Å². The zero-order valence-corrected chi connectivity index (χ0v) is 8.32. The van der Waals surface area contributed by atoms with Crippen molar-refractivity contribution >= 4 is 23.3 Å². The first-order valence-electron chi connectivity index (χ1n) is 3.85. The summed E-state index contributed by atoms with van der Waals surface area (Å²) in [5.74, 6) is 10.3. The number of halogens is 1. The van der Waals surface area contributed by atoms with Crippen molar-refractivity contribution in [3.8, 4) is 6.07 Å². The molecule has 1 aromatic carbocycles. The van der Waals surface area contributed by atoms with Crippen molar-refractivity contribution in [2.24, 2.45) is 11.7 Å². The Labute approximate surface area is 90.9 Å². The third-order valence-corrected chi connectivity index (χ3v) is 2.00. The van der Waals surface area contributed by atoms with Gasteiger partial charge < -0.3 is 0 Å². The number of urea groups is 1. The van der Waals surface area contributed by atoms with E-state index in [9.17, 15) is 4.79 Å². The number of hydrogen-bond acceptors (Lipinski definition) is 4. The molecule has 1 rings (SSSR count). The van der Waals surface area contributed by atoms with Gasteiger partial charge in [0.15, 0.2) is 0 Å². The van der Waals surface area contributed by atoms with Crippen molar-refractivity contribution in [1.82, 2.24) is 5.43 Å². The monoisotopic (exact) mass is 225 g/mol. The summed E-state index contributed by atoms with van der Waals surface area (Å²) in [7, 11) is 0. The molecule has 0 spiro atoms. The molecule has 1 aromatic rings. The van der Waals surface area contributed by atoms with Gasteiger partial charge in [-0.25, -0.2) is 21.5 Å². The number of carbonyl (C=O) groups excluding carboxylic acids is 1. The molecule has 2 amide bonds. The Morgan fingerprint density at radius 2 is 2.27 bits per heavy atom. The first-order chi connectivity index (χ1) is 7.10. The third-order valence-electron chi connectivity index (χ3n) is 1.68. The van der Waals surface area contributed by atoms with Gasteiger partial charge in [-0.15, -0.1) is 0 Å². The molecule has 0 saturated heterocycles. The standard InChI is InChI=1S/C8H8ClN5O/c9-6-2-1-5(4-10)3-7(6)14(12)8(15)13-11/h1-3H,11-12H2,(H,13,15). The third kappa shape index (κ3) is 2.35. The Hall–Kier alpha value is -1.81. The summed E-state index contributed by atoms with van der Waals surface area (Å²) in [6, 6.07) is 5.54. The topological polar surface area (TPSA) is 108 Å². The van der Waals surface area contributed by atoms with Gasteiger partial charge in [0.1, 0.15) is 0 Å². The lowest BCUT2D eigenvalue weighted by molar-refractivity contribution is 0.246. The second kappa shape index (κ2) is 4.61. The number of nitrogens with zero attached hydrogens (tertiary/aromatic N) is 2. The summed E-state index contributed by atoms with van der Waals surface area (Å²) >= 11 is 5.80. The minimum absolute atomic E-state index is 0.207. The van der Waals surface area contributed by atoms with E-state index in [0.717, 1.165) is 5.01 Å². The highest BCUT2D eigenvalue weighted by Gasteiger charge is 2.13. The van der Waals surface area contributed by atoms with Crippen LogP contribution in [0.5, 0.6) is 0 Å². The summed E-state index contributed by atoms with van der Waals surface area (Å²) < 4.78 is 0. The molecule has 0 atom stereocenters. The molecule has 0 aliphatic carbocycles. The number of nitrogens with two attached hydrogens (primary N) is 2. The van der Waals surface area contributed by atoms with Gasteiger partial charge >= 0.3 is 6.03 Å². The first-order valence-corrected chi connectivity index (χ1v) is 4.23. The average Bonchev–Trinajstić information content (AvgIpc) is 2.27. The quantitative estimate of drug-likeness (QED) is 0.367. The highest BCUT2D eigenvalue weighted by molar-refractivity contribution is 6.33. The lowest BCUT2D eigenvalue weighted by atomic mass is 10.2. The Balaban J connectivity index is 3.13. The molecular weight excluding hydrogens is 218 g/mol. The fraction of sp³-hybridized carbons (Fsp3) is 0. The molecule has 0 aliphatic rings. The summed E-state index contributed by atoms with van der Waals surface area (Å²) in [6.45, 7) is 0. The van der Waals surface area contributed by atoms with Crippen LogP contribution in [0.1, 0.15) is 5.56 Å². The number of anilines is 1.